The zero-order valence-electron chi connectivity index (χ0n) is 2.68. The maximum absolute atomic E-state index is 0. The van der Waals surface area contributed by atoms with Crippen molar-refractivity contribution in [3.8, 4) is 0 Å². The third-order valence-corrected chi connectivity index (χ3v) is 0. The molecule has 54 valence electrons. The van der Waals surface area contributed by atoms with Crippen LogP contribution < -0.4 is 74.4 Å². The summed E-state index contributed by atoms with van der Waals surface area (Å²) >= 11 is 0. The van der Waals surface area contributed by atoms with Gasteiger partial charge in [0.1, 0.15) is 0 Å². The Morgan fingerprint density at radius 1 is 0.286 bits per heavy atom. The van der Waals surface area contributed by atoms with Crippen LogP contribution in [0.3, 0.4) is 0 Å². The Bertz CT molecular complexity index is 4.14. The minimum absolute atomic E-state index is 0. The smallest absolute Gasteiger partial charge is 0 e. The van der Waals surface area contributed by atoms with Gasteiger partial charge in [-0.2, -0.15) is 0 Å². The Morgan fingerprint density at radius 2 is 0.286 bits per heavy atom. The Labute approximate surface area is 102 Å². The average Bonchev–Trinajstić information content (AvgIpc) is 0. The van der Waals surface area contributed by atoms with Crippen LogP contribution in [0.2, 0.25) is 0 Å². The van der Waals surface area contributed by atoms with Crippen molar-refractivity contribution >= 4 is 0 Å². The van der Waals surface area contributed by atoms with Gasteiger partial charge in [-0.3, -0.25) is 0 Å². The van der Waals surface area contributed by atoms with Crippen molar-refractivity contribution in [2.75, 3.05) is 0 Å². The molecule has 0 rings (SSSR count). The van der Waals surface area contributed by atoms with Crippen LogP contribution in [0.5, 0.6) is 0 Å². The summed E-state index contributed by atoms with van der Waals surface area (Å²) in [6.07, 6.45) is 0. The molecule has 0 nitrogen and oxygen atoms in total. The van der Waals surface area contributed by atoms with E-state index in [4.69, 9.17) is 0 Å². The zero-order valence-corrected chi connectivity index (χ0v) is 10.6. The van der Waals surface area contributed by atoms with E-state index in [-0.39, 0.29) is 104 Å². The zero-order chi connectivity index (χ0) is 0. The normalized spacial score (nSPS) is 0. The fourth-order valence-electron chi connectivity index (χ4n) is 0. The van der Waals surface area contributed by atoms with Crippen LogP contribution in [-0.4, -0.2) is 0 Å². The van der Waals surface area contributed by atoms with E-state index in [1.165, 1.54) is 0 Å². The number of rotatable bonds is 0. The quantitative estimate of drug-likeness (QED) is 0.340. The van der Waals surface area contributed by atoms with E-state index in [1.807, 2.05) is 0 Å². The van der Waals surface area contributed by atoms with Crippen molar-refractivity contribution in [3.05, 3.63) is 0 Å². The summed E-state index contributed by atoms with van der Waals surface area (Å²) in [5.74, 6) is 0. The van der Waals surface area contributed by atoms with Crippen molar-refractivity contribution in [1.29, 1.82) is 0 Å². The maximum Gasteiger partial charge on any atom is 0 e. The molecule has 0 aromatic heterocycles. The molecule has 7 heteroatoms. The summed E-state index contributed by atoms with van der Waals surface area (Å²) in [4.78, 5) is 0. The Kier molecular flexibility index (Phi) is 997. The van der Waals surface area contributed by atoms with Gasteiger partial charge in [-0.1, -0.05) is 0 Å². The van der Waals surface area contributed by atoms with Gasteiger partial charge >= 0.3 is 0 Å². The third kappa shape index (κ3) is 53.1. The molecule has 0 aromatic carbocycles. The summed E-state index contributed by atoms with van der Waals surface area (Å²) in [6.45, 7) is 0. The molecule has 0 aliphatic rings. The molecule has 0 bridgehead atoms. The predicted molar refractivity (Wildman–Crippen MR) is 0 cm³/mol. The van der Waals surface area contributed by atoms with E-state index >= 15 is 0 Å². The van der Waals surface area contributed by atoms with E-state index in [0.29, 0.717) is 0 Å². The molecule has 0 radical (unpaired) electrons. The Hall–Kier alpha value is 2.73. The van der Waals surface area contributed by atoms with Gasteiger partial charge in [0, 0.05) is 29.2 Å². The van der Waals surface area contributed by atoms with E-state index in [1.54, 1.807) is 0 Å². The summed E-state index contributed by atoms with van der Waals surface area (Å²) in [6, 6.07) is 0. The molecule has 0 aliphatic heterocycles. The number of halogens is 6. The van der Waals surface area contributed by atoms with Gasteiger partial charge in [-0.15, -0.1) is 0 Å². The number of hydrogen-bond donors (Lipinski definition) is 0. The molecule has 0 amide bonds. The maximum atomic E-state index is 0. The summed E-state index contributed by atoms with van der Waals surface area (Å²) in [5, 5.41) is 0. The molecule has 0 spiro atoms. The van der Waals surface area contributed by atoms with Crippen LogP contribution in [-0.2, 0) is 0 Å². The van der Waals surface area contributed by atoms with Crippen LogP contribution >= 0.6 is 0 Å². The first-order valence-corrected chi connectivity index (χ1v) is 0. The second-order valence-corrected chi connectivity index (χ2v) is 0. The van der Waals surface area contributed by atoms with Gasteiger partial charge in [0.25, 0.3) is 0 Å². The first-order valence-electron chi connectivity index (χ1n) is 0. The predicted octanol–water partition coefficient (Wildman–Crippen LogP) is -18.0. The van der Waals surface area contributed by atoms with Crippen molar-refractivity contribution in [2.24, 2.45) is 0 Å². The van der Waals surface area contributed by atoms with Gasteiger partial charge in [-0.05, 0) is 0 Å². The molecule has 0 N–H and O–H groups in total. The Balaban J connectivity index is 0. The van der Waals surface area contributed by atoms with Crippen LogP contribution in [0.4, 0.5) is 0 Å². The minimum Gasteiger partial charge on any atom is -1.00 e. The first-order chi connectivity index (χ1) is 0. The van der Waals surface area contributed by atoms with Crippen molar-refractivity contribution in [1.82, 2.24) is 0 Å². The van der Waals surface area contributed by atoms with Gasteiger partial charge in [0.05, 0.1) is 0 Å². The van der Waals surface area contributed by atoms with Gasteiger partial charge in [0.2, 0.25) is 0 Å². The molecule has 0 aromatic rings. The van der Waals surface area contributed by atoms with E-state index < -0.39 is 0 Å². The summed E-state index contributed by atoms with van der Waals surface area (Å²) < 4.78 is 0. The molecule has 0 aliphatic carbocycles. The molecule has 0 saturated heterocycles. The molecule has 0 fully saturated rings. The molecule has 0 atom stereocenters. The molecule has 0 heterocycles. The molecule has 0 saturated carbocycles. The van der Waals surface area contributed by atoms with Crippen LogP contribution in [0.15, 0.2) is 0 Å². The van der Waals surface area contributed by atoms with E-state index in [0.717, 1.165) is 0 Å². The second kappa shape index (κ2) is 70.1. The van der Waals surface area contributed by atoms with Crippen LogP contribution in [0, 0.1) is 29.2 Å². The second-order valence-electron chi connectivity index (χ2n) is 0. The standard InChI is InChI=1S/6ClH.Pu/h6*1H;/p-6. The van der Waals surface area contributed by atoms with Gasteiger partial charge < -0.3 is 74.4 Å². The summed E-state index contributed by atoms with van der Waals surface area (Å²) in [7, 11) is 0. The molecular formula is Cl6Pu-6. The molecule has 7 heavy (non-hydrogen) atoms. The van der Waals surface area contributed by atoms with Gasteiger partial charge in [-0.25, -0.2) is 0 Å². The van der Waals surface area contributed by atoms with Gasteiger partial charge in [0.15, 0.2) is 0 Å². The number of hydrogen-bond acceptors (Lipinski definition) is 0. The monoisotopic (exact) mass is 448 g/mol. The van der Waals surface area contributed by atoms with Crippen molar-refractivity contribution in [3.63, 3.8) is 0 Å². The Morgan fingerprint density at radius 3 is 0.286 bits per heavy atom. The third-order valence-electron chi connectivity index (χ3n) is 0. The summed E-state index contributed by atoms with van der Waals surface area (Å²) in [5.41, 5.74) is 0. The SMILES string of the molecule is [Cl-].[Cl-].[Cl-].[Cl-].[Cl-].[Cl-].[Pu]. The topological polar surface area (TPSA) is 0 Å². The van der Waals surface area contributed by atoms with Crippen molar-refractivity contribution in [2.45, 2.75) is 0 Å². The molecular weight excluding hydrogens is 457 g/mol. The van der Waals surface area contributed by atoms with Crippen molar-refractivity contribution < 1.29 is 104 Å². The fourth-order valence-corrected chi connectivity index (χ4v) is 0. The van der Waals surface area contributed by atoms with Crippen LogP contribution in [0.1, 0.15) is 0 Å². The van der Waals surface area contributed by atoms with E-state index in [2.05, 4.69) is 0 Å². The van der Waals surface area contributed by atoms with Crippen LogP contribution in [0.25, 0.3) is 0 Å². The average molecular weight is 457 g/mol. The largest absolute Gasteiger partial charge is 1.00 e. The first kappa shape index (κ1) is 99.6. The molecule has 0 unspecified atom stereocenters. The minimum atomic E-state index is 0. The fraction of sp³-hybridized carbons (Fsp3) is 0. The van der Waals surface area contributed by atoms with E-state index in [9.17, 15) is 0 Å².